The summed E-state index contributed by atoms with van der Waals surface area (Å²) in [5.41, 5.74) is 0.894. The van der Waals surface area contributed by atoms with E-state index < -0.39 is 0 Å². The van der Waals surface area contributed by atoms with Gasteiger partial charge in [0.15, 0.2) is 0 Å². The molecular formula is C10H10N2O. The van der Waals surface area contributed by atoms with Gasteiger partial charge in [-0.15, -0.1) is 0 Å². The third-order valence-electron chi connectivity index (χ3n) is 1.92. The number of nitrogens with one attached hydrogen (secondary N) is 1. The third-order valence-corrected chi connectivity index (χ3v) is 1.92. The molecule has 1 aromatic carbocycles. The zero-order valence-corrected chi connectivity index (χ0v) is 7.32. The van der Waals surface area contributed by atoms with Gasteiger partial charge in [0.25, 0.3) is 0 Å². The number of benzene rings is 1. The van der Waals surface area contributed by atoms with Crippen LogP contribution in [0.15, 0.2) is 36.7 Å². The van der Waals surface area contributed by atoms with Crippen LogP contribution in [0.2, 0.25) is 0 Å². The highest BCUT2D eigenvalue weighted by Gasteiger charge is 2.13. The van der Waals surface area contributed by atoms with Crippen molar-refractivity contribution in [1.82, 2.24) is 4.90 Å². The van der Waals surface area contributed by atoms with Crippen molar-refractivity contribution in [2.45, 2.75) is 0 Å². The Morgan fingerprint density at radius 2 is 1.85 bits per heavy atom. The summed E-state index contributed by atoms with van der Waals surface area (Å²) in [6.07, 6.45) is 3.71. The van der Waals surface area contributed by atoms with Crippen molar-refractivity contribution in [2.75, 3.05) is 7.11 Å². The van der Waals surface area contributed by atoms with Crippen LogP contribution >= 0.6 is 0 Å². The fourth-order valence-electron chi connectivity index (χ4n) is 1.08. The van der Waals surface area contributed by atoms with Crippen LogP contribution in [0.4, 0.5) is 0 Å². The number of nitrogens with zero attached hydrogens (tertiary/aromatic N) is 1. The second-order valence-electron chi connectivity index (χ2n) is 2.78. The van der Waals surface area contributed by atoms with Gasteiger partial charge in [-0.25, -0.2) is 0 Å². The summed E-state index contributed by atoms with van der Waals surface area (Å²) >= 11 is 0. The largest absolute Gasteiger partial charge is 0.497 e. The molecule has 0 fully saturated rings. The summed E-state index contributed by atoms with van der Waals surface area (Å²) in [5.74, 6) is 1.32. The van der Waals surface area contributed by atoms with E-state index in [1.54, 1.807) is 12.0 Å². The van der Waals surface area contributed by atoms with Crippen molar-refractivity contribution in [3.63, 3.8) is 0 Å². The third kappa shape index (κ3) is 1.54. The first-order valence-electron chi connectivity index (χ1n) is 4.01. The Bertz CT molecular complexity index is 348. The van der Waals surface area contributed by atoms with E-state index in [9.17, 15) is 0 Å². The first-order valence-corrected chi connectivity index (χ1v) is 4.01. The fraction of sp³-hybridized carbons (Fsp3) is 0.100. The number of hydrogen-bond donors (Lipinski definition) is 1. The molecule has 0 amide bonds. The van der Waals surface area contributed by atoms with E-state index in [4.69, 9.17) is 10.1 Å². The minimum absolute atomic E-state index is 0.502. The number of rotatable bonds is 2. The van der Waals surface area contributed by atoms with Crippen molar-refractivity contribution < 1.29 is 4.74 Å². The predicted molar refractivity (Wildman–Crippen MR) is 50.8 cm³/mol. The number of methoxy groups -OCH3 is 1. The number of amidine groups is 1. The lowest BCUT2D eigenvalue weighted by atomic mass is 10.2. The molecule has 3 heteroatoms. The molecule has 0 aromatic heterocycles. The maximum atomic E-state index is 7.70. The molecule has 1 aromatic rings. The number of hydrogen-bond acceptors (Lipinski definition) is 2. The van der Waals surface area contributed by atoms with Crippen LogP contribution in [-0.4, -0.2) is 17.8 Å². The predicted octanol–water partition coefficient (Wildman–Crippen LogP) is 1.81. The van der Waals surface area contributed by atoms with Crippen LogP contribution in [-0.2, 0) is 0 Å². The van der Waals surface area contributed by atoms with Crippen LogP contribution in [0.25, 0.3) is 0 Å². The Labute approximate surface area is 76.8 Å². The lowest BCUT2D eigenvalue weighted by Crippen LogP contribution is -2.09. The minimum atomic E-state index is 0.502. The molecular weight excluding hydrogens is 164 g/mol. The van der Waals surface area contributed by atoms with E-state index in [1.807, 2.05) is 36.7 Å². The van der Waals surface area contributed by atoms with Gasteiger partial charge in [0.05, 0.1) is 7.11 Å². The summed E-state index contributed by atoms with van der Waals surface area (Å²) in [7, 11) is 1.63. The molecule has 1 heterocycles. The van der Waals surface area contributed by atoms with Gasteiger partial charge >= 0.3 is 0 Å². The molecule has 0 bridgehead atoms. The lowest BCUT2D eigenvalue weighted by Gasteiger charge is -2.05. The summed E-state index contributed by atoms with van der Waals surface area (Å²) in [6.45, 7) is 0. The van der Waals surface area contributed by atoms with Gasteiger partial charge < -0.3 is 9.64 Å². The fourth-order valence-corrected chi connectivity index (χ4v) is 1.08. The smallest absolute Gasteiger partial charge is 0.136 e. The summed E-state index contributed by atoms with van der Waals surface area (Å²) in [5, 5.41) is 7.70. The van der Waals surface area contributed by atoms with Gasteiger partial charge in [-0.05, 0) is 24.3 Å². The Hall–Kier alpha value is -1.77. The summed E-state index contributed by atoms with van der Waals surface area (Å²) < 4.78 is 5.03. The van der Waals surface area contributed by atoms with Crippen molar-refractivity contribution >= 4 is 5.84 Å². The molecule has 0 aliphatic carbocycles. The highest BCUT2D eigenvalue weighted by molar-refractivity contribution is 5.99. The van der Waals surface area contributed by atoms with Crippen molar-refractivity contribution in [3.05, 3.63) is 42.2 Å². The molecule has 1 aliphatic heterocycles. The second kappa shape index (κ2) is 2.94. The molecule has 13 heavy (non-hydrogen) atoms. The average molecular weight is 174 g/mol. The molecule has 0 radical (unpaired) electrons. The van der Waals surface area contributed by atoms with Crippen molar-refractivity contribution in [1.29, 1.82) is 5.41 Å². The van der Waals surface area contributed by atoms with Gasteiger partial charge in [0, 0.05) is 18.0 Å². The zero-order chi connectivity index (χ0) is 9.26. The second-order valence-corrected chi connectivity index (χ2v) is 2.78. The Balaban J connectivity index is 2.17. The van der Waals surface area contributed by atoms with Crippen molar-refractivity contribution in [3.8, 4) is 5.75 Å². The lowest BCUT2D eigenvalue weighted by molar-refractivity contribution is 0.415. The molecule has 0 spiro atoms. The first-order chi connectivity index (χ1) is 6.31. The molecule has 0 saturated heterocycles. The molecule has 3 nitrogen and oxygen atoms in total. The summed E-state index contributed by atoms with van der Waals surface area (Å²) in [4.78, 5) is 1.77. The quantitative estimate of drug-likeness (QED) is 0.548. The first kappa shape index (κ1) is 7.86. The molecule has 66 valence electrons. The highest BCUT2D eigenvalue weighted by Crippen LogP contribution is 2.16. The van der Waals surface area contributed by atoms with Crippen LogP contribution in [0, 0.1) is 5.41 Å². The molecule has 1 aliphatic rings. The van der Waals surface area contributed by atoms with Gasteiger partial charge in [0.1, 0.15) is 11.6 Å². The maximum absolute atomic E-state index is 7.70. The van der Waals surface area contributed by atoms with Gasteiger partial charge in [0.2, 0.25) is 0 Å². The molecule has 1 N–H and O–H groups in total. The minimum Gasteiger partial charge on any atom is -0.497 e. The van der Waals surface area contributed by atoms with Gasteiger partial charge in [-0.2, -0.15) is 0 Å². The summed E-state index contributed by atoms with van der Waals surface area (Å²) in [6, 6.07) is 7.46. The highest BCUT2D eigenvalue weighted by atomic mass is 16.5. The van der Waals surface area contributed by atoms with E-state index >= 15 is 0 Å². The van der Waals surface area contributed by atoms with Crippen LogP contribution in [0.3, 0.4) is 0 Å². The molecule has 0 saturated carbocycles. The Morgan fingerprint density at radius 1 is 1.23 bits per heavy atom. The standard InChI is InChI=1S/C10H10N2O/c1-13-9-4-2-8(3-5-9)10(11)12-6-7-12/h2-7,11H,1H3. The normalized spacial score (nSPS) is 12.8. The molecule has 0 atom stereocenters. The molecule has 2 rings (SSSR count). The van der Waals surface area contributed by atoms with Crippen LogP contribution < -0.4 is 4.74 Å². The molecule has 0 unspecified atom stereocenters. The van der Waals surface area contributed by atoms with Crippen LogP contribution in [0.5, 0.6) is 5.75 Å². The monoisotopic (exact) mass is 174 g/mol. The average Bonchev–Trinajstić information content (AvgIpc) is 3.00. The Kier molecular flexibility index (Phi) is 1.77. The Morgan fingerprint density at radius 3 is 2.31 bits per heavy atom. The van der Waals surface area contributed by atoms with Crippen LogP contribution in [0.1, 0.15) is 5.56 Å². The van der Waals surface area contributed by atoms with E-state index in [1.165, 1.54) is 0 Å². The topological polar surface area (TPSA) is 36.1 Å². The maximum Gasteiger partial charge on any atom is 0.136 e. The van der Waals surface area contributed by atoms with E-state index in [-0.39, 0.29) is 0 Å². The number of ether oxygens (including phenoxy) is 1. The zero-order valence-electron chi connectivity index (χ0n) is 7.32. The van der Waals surface area contributed by atoms with E-state index in [2.05, 4.69) is 0 Å². The van der Waals surface area contributed by atoms with Gasteiger partial charge in [-0.3, -0.25) is 5.41 Å². The SMILES string of the molecule is COc1ccc(C(=N)N2C=C2)cc1. The van der Waals surface area contributed by atoms with E-state index in [0.717, 1.165) is 11.3 Å². The van der Waals surface area contributed by atoms with E-state index in [0.29, 0.717) is 5.84 Å². The van der Waals surface area contributed by atoms with Crippen molar-refractivity contribution in [2.24, 2.45) is 0 Å². The van der Waals surface area contributed by atoms with Gasteiger partial charge in [-0.1, -0.05) is 0 Å².